The van der Waals surface area contributed by atoms with Crippen molar-refractivity contribution in [2.24, 2.45) is 0 Å². The van der Waals surface area contributed by atoms with E-state index < -0.39 is 10.8 Å². The van der Waals surface area contributed by atoms with Crippen LogP contribution in [0.15, 0.2) is 40.9 Å². The Kier molecular flexibility index (Phi) is 4.82. The van der Waals surface area contributed by atoms with Gasteiger partial charge in [0, 0.05) is 12.1 Å². The Labute approximate surface area is 138 Å². The summed E-state index contributed by atoms with van der Waals surface area (Å²) in [4.78, 5) is 22.2. The van der Waals surface area contributed by atoms with Crippen molar-refractivity contribution in [2.75, 3.05) is 5.32 Å². The summed E-state index contributed by atoms with van der Waals surface area (Å²) in [6.07, 6.45) is 0. The SMILES string of the molecule is O=C(Nc1cccc(Cl)c1Br)c1ccc([N+](=O)[O-])cc1Cl. The number of hydrogen-bond acceptors (Lipinski definition) is 3. The summed E-state index contributed by atoms with van der Waals surface area (Å²) in [5, 5.41) is 13.7. The maximum atomic E-state index is 12.2. The fraction of sp³-hybridized carbons (Fsp3) is 0. The molecule has 5 nitrogen and oxygen atoms in total. The van der Waals surface area contributed by atoms with Gasteiger partial charge in [-0.15, -0.1) is 0 Å². The molecule has 0 unspecified atom stereocenters. The Morgan fingerprint density at radius 1 is 1.19 bits per heavy atom. The molecule has 1 N–H and O–H groups in total. The van der Waals surface area contributed by atoms with Crippen LogP contribution in [0, 0.1) is 10.1 Å². The smallest absolute Gasteiger partial charge is 0.270 e. The van der Waals surface area contributed by atoms with Gasteiger partial charge >= 0.3 is 0 Å². The van der Waals surface area contributed by atoms with Crippen LogP contribution in [-0.2, 0) is 0 Å². The number of benzene rings is 2. The molecule has 0 aromatic heterocycles. The van der Waals surface area contributed by atoms with Crippen molar-refractivity contribution < 1.29 is 9.72 Å². The lowest BCUT2D eigenvalue weighted by Crippen LogP contribution is -2.13. The third-order valence-corrected chi connectivity index (χ3v) is 4.32. The molecule has 2 rings (SSSR count). The first-order valence-corrected chi connectivity index (χ1v) is 7.14. The minimum absolute atomic E-state index is 0.000138. The minimum Gasteiger partial charge on any atom is -0.321 e. The third-order valence-electron chi connectivity index (χ3n) is 2.61. The molecule has 1 amide bonds. The van der Waals surface area contributed by atoms with Gasteiger partial charge in [0.25, 0.3) is 11.6 Å². The molecule has 0 heterocycles. The predicted octanol–water partition coefficient (Wildman–Crippen LogP) is 4.92. The van der Waals surface area contributed by atoms with Crippen molar-refractivity contribution in [2.45, 2.75) is 0 Å². The van der Waals surface area contributed by atoms with E-state index in [9.17, 15) is 14.9 Å². The first kappa shape index (κ1) is 15.8. The predicted molar refractivity (Wildman–Crippen MR) is 85.2 cm³/mol. The highest BCUT2D eigenvalue weighted by atomic mass is 79.9. The first-order chi connectivity index (χ1) is 9.90. The summed E-state index contributed by atoms with van der Waals surface area (Å²) in [6.45, 7) is 0. The van der Waals surface area contributed by atoms with E-state index in [1.807, 2.05) is 0 Å². The number of nitrogens with zero attached hydrogens (tertiary/aromatic N) is 1. The zero-order chi connectivity index (χ0) is 15.6. The Hall–Kier alpha value is -1.63. The number of rotatable bonds is 3. The second-order valence-electron chi connectivity index (χ2n) is 3.98. The van der Waals surface area contributed by atoms with Crippen molar-refractivity contribution in [3.8, 4) is 0 Å². The van der Waals surface area contributed by atoms with Crippen LogP contribution in [0.3, 0.4) is 0 Å². The molecule has 8 heteroatoms. The minimum atomic E-state index is -0.582. The normalized spacial score (nSPS) is 10.2. The van der Waals surface area contributed by atoms with E-state index in [-0.39, 0.29) is 16.3 Å². The molecule has 0 saturated carbocycles. The van der Waals surface area contributed by atoms with E-state index in [0.717, 1.165) is 6.07 Å². The molecule has 2 aromatic rings. The first-order valence-electron chi connectivity index (χ1n) is 5.59. The summed E-state index contributed by atoms with van der Waals surface area (Å²) >= 11 is 15.1. The molecule has 2 aromatic carbocycles. The lowest BCUT2D eigenvalue weighted by atomic mass is 10.2. The third kappa shape index (κ3) is 3.53. The molecule has 0 atom stereocenters. The maximum Gasteiger partial charge on any atom is 0.270 e. The van der Waals surface area contributed by atoms with E-state index >= 15 is 0 Å². The molecule has 0 fully saturated rings. The van der Waals surface area contributed by atoms with Gasteiger partial charge < -0.3 is 5.32 Å². The van der Waals surface area contributed by atoms with Crippen LogP contribution < -0.4 is 5.32 Å². The number of anilines is 1. The fourth-order valence-corrected chi connectivity index (χ4v) is 2.39. The topological polar surface area (TPSA) is 72.2 Å². The van der Waals surface area contributed by atoms with Gasteiger partial charge in [-0.25, -0.2) is 0 Å². The average Bonchev–Trinajstić information content (AvgIpc) is 2.43. The van der Waals surface area contributed by atoms with Crippen molar-refractivity contribution in [1.29, 1.82) is 0 Å². The van der Waals surface area contributed by atoms with Crippen molar-refractivity contribution in [3.05, 3.63) is 66.6 Å². The molecule has 0 bridgehead atoms. The summed E-state index contributed by atoms with van der Waals surface area (Å²) in [5.74, 6) is -0.488. The Morgan fingerprint density at radius 3 is 2.52 bits per heavy atom. The van der Waals surface area contributed by atoms with Crippen LogP contribution in [0.2, 0.25) is 10.0 Å². The zero-order valence-electron chi connectivity index (χ0n) is 10.3. The molecule has 0 spiro atoms. The number of halogens is 3. The van der Waals surface area contributed by atoms with Crippen molar-refractivity contribution in [1.82, 2.24) is 0 Å². The van der Waals surface area contributed by atoms with Gasteiger partial charge in [-0.3, -0.25) is 14.9 Å². The van der Waals surface area contributed by atoms with E-state index in [1.165, 1.54) is 12.1 Å². The number of nitro benzene ring substituents is 1. The quantitative estimate of drug-likeness (QED) is 0.598. The molecule has 108 valence electrons. The highest BCUT2D eigenvalue weighted by Crippen LogP contribution is 2.31. The maximum absolute atomic E-state index is 12.2. The van der Waals surface area contributed by atoms with E-state index in [0.29, 0.717) is 15.2 Å². The highest BCUT2D eigenvalue weighted by molar-refractivity contribution is 9.10. The van der Waals surface area contributed by atoms with Gasteiger partial charge in [0.15, 0.2) is 0 Å². The zero-order valence-corrected chi connectivity index (χ0v) is 13.4. The van der Waals surface area contributed by atoms with E-state index in [2.05, 4.69) is 21.2 Å². The van der Waals surface area contributed by atoms with Gasteiger partial charge in [0.2, 0.25) is 0 Å². The van der Waals surface area contributed by atoms with Gasteiger partial charge in [-0.05, 0) is 34.1 Å². The average molecular weight is 390 g/mol. The van der Waals surface area contributed by atoms with E-state index in [4.69, 9.17) is 23.2 Å². The van der Waals surface area contributed by atoms with Crippen LogP contribution in [0.1, 0.15) is 10.4 Å². The van der Waals surface area contributed by atoms with E-state index in [1.54, 1.807) is 18.2 Å². The summed E-state index contributed by atoms with van der Waals surface area (Å²) < 4.78 is 0.540. The van der Waals surface area contributed by atoms with Crippen LogP contribution in [0.4, 0.5) is 11.4 Å². The van der Waals surface area contributed by atoms with Crippen LogP contribution >= 0.6 is 39.1 Å². The highest BCUT2D eigenvalue weighted by Gasteiger charge is 2.16. The molecule has 0 aliphatic rings. The molecule has 21 heavy (non-hydrogen) atoms. The van der Waals surface area contributed by atoms with Gasteiger partial charge in [0.05, 0.1) is 30.7 Å². The van der Waals surface area contributed by atoms with Crippen molar-refractivity contribution >= 4 is 56.4 Å². The number of carbonyl (C=O) groups excluding carboxylic acids is 1. The second kappa shape index (κ2) is 6.43. The van der Waals surface area contributed by atoms with Gasteiger partial charge in [-0.2, -0.15) is 0 Å². The number of non-ortho nitro benzene ring substituents is 1. The number of nitrogens with one attached hydrogen (secondary N) is 1. The molecule has 0 aliphatic carbocycles. The number of hydrogen-bond donors (Lipinski definition) is 1. The largest absolute Gasteiger partial charge is 0.321 e. The Morgan fingerprint density at radius 2 is 1.90 bits per heavy atom. The van der Waals surface area contributed by atoms with Gasteiger partial charge in [0.1, 0.15) is 0 Å². The Bertz CT molecular complexity index is 737. The lowest BCUT2D eigenvalue weighted by molar-refractivity contribution is -0.384. The number of nitro groups is 1. The standard InChI is InChI=1S/C13H7BrCl2N2O3/c14-12-9(15)2-1-3-11(12)17-13(19)8-5-4-7(18(20)21)6-10(8)16/h1-6H,(H,17,19). The fourth-order valence-electron chi connectivity index (χ4n) is 1.59. The number of carbonyl (C=O) groups is 1. The van der Waals surface area contributed by atoms with Gasteiger partial charge in [-0.1, -0.05) is 29.3 Å². The molecule has 0 saturated heterocycles. The molecular formula is C13H7BrCl2N2O3. The van der Waals surface area contributed by atoms with Crippen LogP contribution in [0.5, 0.6) is 0 Å². The monoisotopic (exact) mass is 388 g/mol. The van der Waals surface area contributed by atoms with Crippen LogP contribution in [-0.4, -0.2) is 10.8 Å². The summed E-state index contributed by atoms with van der Waals surface area (Å²) in [5.41, 5.74) is 0.427. The number of amides is 1. The van der Waals surface area contributed by atoms with Crippen molar-refractivity contribution in [3.63, 3.8) is 0 Å². The summed E-state index contributed by atoms with van der Waals surface area (Å²) in [7, 11) is 0. The molecule has 0 radical (unpaired) electrons. The Balaban J connectivity index is 2.29. The van der Waals surface area contributed by atoms with Crippen LogP contribution in [0.25, 0.3) is 0 Å². The molecule has 0 aliphatic heterocycles. The lowest BCUT2D eigenvalue weighted by Gasteiger charge is -2.09. The second-order valence-corrected chi connectivity index (χ2v) is 5.58. The summed E-state index contributed by atoms with van der Waals surface area (Å²) in [6, 6.07) is 8.65. The molecular weight excluding hydrogens is 383 g/mol.